The number of nitrogens with zero attached hydrogens (tertiary/aromatic N) is 6. The Labute approximate surface area is 163 Å². The summed E-state index contributed by atoms with van der Waals surface area (Å²) in [6.07, 6.45) is 9.80. The quantitative estimate of drug-likeness (QED) is 0.397. The highest BCUT2D eigenvalue weighted by molar-refractivity contribution is 5.98. The molecule has 152 valence electrons. The SMILES string of the molecule is CN=C(NCCCCCCCN(C)C)N1CCN(c2cnn(C)c2)C(=O)C1. The van der Waals surface area contributed by atoms with Crippen molar-refractivity contribution in [3.05, 3.63) is 12.4 Å². The predicted octanol–water partition coefficient (Wildman–Crippen LogP) is 1.16. The van der Waals surface area contributed by atoms with Gasteiger partial charge in [0.15, 0.2) is 5.96 Å². The molecule has 0 spiro atoms. The third-order valence-corrected chi connectivity index (χ3v) is 4.80. The molecule has 0 atom stereocenters. The molecule has 0 saturated carbocycles. The molecule has 27 heavy (non-hydrogen) atoms. The van der Waals surface area contributed by atoms with Crippen LogP contribution in [0.3, 0.4) is 0 Å². The zero-order chi connectivity index (χ0) is 19.6. The summed E-state index contributed by atoms with van der Waals surface area (Å²) in [5.74, 6) is 0.903. The molecule has 2 rings (SSSR count). The second kappa shape index (κ2) is 10.9. The number of amides is 1. The Morgan fingerprint density at radius 3 is 2.59 bits per heavy atom. The molecule has 2 heterocycles. The van der Waals surface area contributed by atoms with Crippen molar-refractivity contribution in [1.29, 1.82) is 0 Å². The van der Waals surface area contributed by atoms with E-state index in [1.54, 1.807) is 22.8 Å². The summed E-state index contributed by atoms with van der Waals surface area (Å²) < 4.78 is 1.72. The fourth-order valence-corrected chi connectivity index (χ4v) is 3.29. The van der Waals surface area contributed by atoms with E-state index in [-0.39, 0.29) is 5.91 Å². The zero-order valence-electron chi connectivity index (χ0n) is 17.3. The highest BCUT2D eigenvalue weighted by Gasteiger charge is 2.27. The number of aryl methyl sites for hydroxylation is 1. The van der Waals surface area contributed by atoms with E-state index in [0.717, 1.165) is 31.2 Å². The molecule has 1 aromatic rings. The van der Waals surface area contributed by atoms with Gasteiger partial charge in [0.25, 0.3) is 0 Å². The second-order valence-electron chi connectivity index (χ2n) is 7.38. The molecule has 1 N–H and O–H groups in total. The van der Waals surface area contributed by atoms with Crippen LogP contribution in [0.15, 0.2) is 17.4 Å². The van der Waals surface area contributed by atoms with Crippen LogP contribution in [0, 0.1) is 0 Å². The first-order valence-corrected chi connectivity index (χ1v) is 9.90. The average molecular weight is 378 g/mol. The van der Waals surface area contributed by atoms with Gasteiger partial charge in [-0.3, -0.25) is 14.5 Å². The van der Waals surface area contributed by atoms with E-state index in [1.165, 1.54) is 32.2 Å². The van der Waals surface area contributed by atoms with Gasteiger partial charge in [-0.2, -0.15) is 5.10 Å². The van der Waals surface area contributed by atoms with Crippen molar-refractivity contribution in [3.63, 3.8) is 0 Å². The maximum atomic E-state index is 12.5. The molecule has 1 aliphatic rings. The van der Waals surface area contributed by atoms with Crippen LogP contribution in [-0.2, 0) is 11.8 Å². The number of hydrogen-bond acceptors (Lipinski definition) is 4. The lowest BCUT2D eigenvalue weighted by atomic mass is 10.1. The van der Waals surface area contributed by atoms with Crippen LogP contribution < -0.4 is 10.2 Å². The molecule has 8 heteroatoms. The lowest BCUT2D eigenvalue weighted by Gasteiger charge is -2.35. The Morgan fingerprint density at radius 1 is 1.22 bits per heavy atom. The number of rotatable bonds is 9. The topological polar surface area (TPSA) is 69.0 Å². The molecule has 0 aliphatic carbocycles. The van der Waals surface area contributed by atoms with Gasteiger partial charge in [-0.1, -0.05) is 19.3 Å². The van der Waals surface area contributed by atoms with Gasteiger partial charge < -0.3 is 20.0 Å². The van der Waals surface area contributed by atoms with Gasteiger partial charge in [0, 0.05) is 39.9 Å². The fourth-order valence-electron chi connectivity index (χ4n) is 3.29. The number of piperazine rings is 1. The van der Waals surface area contributed by atoms with E-state index in [2.05, 4.69) is 34.4 Å². The van der Waals surface area contributed by atoms with Crippen molar-refractivity contribution in [1.82, 2.24) is 24.9 Å². The fraction of sp³-hybridized carbons (Fsp3) is 0.737. The first-order chi connectivity index (χ1) is 13.0. The highest BCUT2D eigenvalue weighted by atomic mass is 16.2. The lowest BCUT2D eigenvalue weighted by molar-refractivity contribution is -0.120. The van der Waals surface area contributed by atoms with Gasteiger partial charge >= 0.3 is 0 Å². The Balaban J connectivity index is 1.67. The lowest BCUT2D eigenvalue weighted by Crippen LogP contribution is -2.55. The zero-order valence-corrected chi connectivity index (χ0v) is 17.3. The van der Waals surface area contributed by atoms with E-state index in [4.69, 9.17) is 0 Å². The molecule has 1 saturated heterocycles. The first-order valence-electron chi connectivity index (χ1n) is 9.90. The van der Waals surface area contributed by atoms with Gasteiger partial charge in [0.1, 0.15) is 6.54 Å². The minimum atomic E-state index is 0.0816. The van der Waals surface area contributed by atoms with Crippen molar-refractivity contribution in [3.8, 4) is 0 Å². The van der Waals surface area contributed by atoms with Gasteiger partial charge in [-0.05, 0) is 33.5 Å². The van der Waals surface area contributed by atoms with Crippen LogP contribution in [0.1, 0.15) is 32.1 Å². The van der Waals surface area contributed by atoms with Crippen LogP contribution in [0.5, 0.6) is 0 Å². The molecule has 1 fully saturated rings. The van der Waals surface area contributed by atoms with Gasteiger partial charge in [0.2, 0.25) is 5.91 Å². The largest absolute Gasteiger partial charge is 0.356 e. The number of carbonyl (C=O) groups is 1. The Bertz CT molecular complexity index is 611. The number of nitrogens with one attached hydrogen (secondary N) is 1. The second-order valence-corrected chi connectivity index (χ2v) is 7.38. The smallest absolute Gasteiger partial charge is 0.246 e. The van der Waals surface area contributed by atoms with Crippen molar-refractivity contribution < 1.29 is 4.79 Å². The third kappa shape index (κ3) is 6.86. The van der Waals surface area contributed by atoms with Crippen LogP contribution in [0.25, 0.3) is 0 Å². The molecule has 1 aliphatic heterocycles. The van der Waals surface area contributed by atoms with E-state index >= 15 is 0 Å². The Hall–Kier alpha value is -2.09. The first kappa shape index (κ1) is 21.2. The molecule has 1 aromatic heterocycles. The molecule has 0 radical (unpaired) electrons. The standard InChI is InChI=1S/C19H35N7O/c1-20-19(21-10-8-6-5-7-9-11-23(2)3)25-12-13-26(18(27)16-25)17-14-22-24(4)15-17/h14-15H,5-13,16H2,1-4H3,(H,20,21). The number of hydrogen-bond donors (Lipinski definition) is 1. The molecule has 0 unspecified atom stereocenters. The number of aromatic nitrogens is 2. The van der Waals surface area contributed by atoms with Crippen LogP contribution in [-0.4, -0.2) is 85.3 Å². The summed E-state index contributed by atoms with van der Waals surface area (Å²) in [5, 5.41) is 7.56. The maximum absolute atomic E-state index is 12.5. The Kier molecular flexibility index (Phi) is 8.57. The number of anilines is 1. The van der Waals surface area contributed by atoms with Crippen LogP contribution in [0.4, 0.5) is 5.69 Å². The normalized spacial score (nSPS) is 15.7. The number of unbranched alkanes of at least 4 members (excludes halogenated alkanes) is 4. The van der Waals surface area contributed by atoms with E-state index < -0.39 is 0 Å². The molecule has 0 bridgehead atoms. The number of aliphatic imine (C=N–C) groups is 1. The summed E-state index contributed by atoms with van der Waals surface area (Å²) in [6.45, 7) is 3.84. The van der Waals surface area contributed by atoms with E-state index in [9.17, 15) is 4.79 Å². The van der Waals surface area contributed by atoms with Gasteiger partial charge in [-0.15, -0.1) is 0 Å². The summed E-state index contributed by atoms with van der Waals surface area (Å²) in [7, 11) is 7.88. The summed E-state index contributed by atoms with van der Waals surface area (Å²) in [6, 6.07) is 0. The highest BCUT2D eigenvalue weighted by Crippen LogP contribution is 2.16. The minimum absolute atomic E-state index is 0.0816. The van der Waals surface area contributed by atoms with Crippen molar-refractivity contribution in [2.75, 3.05) is 58.8 Å². The number of carbonyl (C=O) groups excluding carboxylic acids is 1. The van der Waals surface area contributed by atoms with E-state index in [1.807, 2.05) is 18.1 Å². The minimum Gasteiger partial charge on any atom is -0.356 e. The van der Waals surface area contributed by atoms with Crippen LogP contribution in [0.2, 0.25) is 0 Å². The van der Waals surface area contributed by atoms with E-state index in [0.29, 0.717) is 13.1 Å². The summed E-state index contributed by atoms with van der Waals surface area (Å²) >= 11 is 0. The van der Waals surface area contributed by atoms with Gasteiger partial charge in [0.05, 0.1) is 11.9 Å². The number of guanidine groups is 1. The molecule has 0 aromatic carbocycles. The summed E-state index contributed by atoms with van der Waals surface area (Å²) in [5.41, 5.74) is 0.861. The molecule has 1 amide bonds. The molecule has 8 nitrogen and oxygen atoms in total. The van der Waals surface area contributed by atoms with Gasteiger partial charge in [-0.25, -0.2) is 0 Å². The average Bonchev–Trinajstić information content (AvgIpc) is 3.06. The third-order valence-electron chi connectivity index (χ3n) is 4.80. The monoisotopic (exact) mass is 377 g/mol. The molecular formula is C19H35N7O. The van der Waals surface area contributed by atoms with Crippen molar-refractivity contribution >= 4 is 17.6 Å². The van der Waals surface area contributed by atoms with Crippen LogP contribution >= 0.6 is 0 Å². The maximum Gasteiger partial charge on any atom is 0.246 e. The summed E-state index contributed by atoms with van der Waals surface area (Å²) in [4.78, 5) is 22.9. The predicted molar refractivity (Wildman–Crippen MR) is 110 cm³/mol. The van der Waals surface area contributed by atoms with Crippen molar-refractivity contribution in [2.24, 2.45) is 12.0 Å². The van der Waals surface area contributed by atoms with Crippen molar-refractivity contribution in [2.45, 2.75) is 32.1 Å². The Morgan fingerprint density at radius 2 is 1.96 bits per heavy atom. The molecular weight excluding hydrogens is 342 g/mol.